The maximum Gasteiger partial charge on any atom is 0.586 e. The highest BCUT2D eigenvalue weighted by Crippen LogP contribution is 2.44. The number of nitrogens with zero attached hydrogens (tertiary/aromatic N) is 3. The highest BCUT2D eigenvalue weighted by molar-refractivity contribution is 6.06. The Morgan fingerprint density at radius 2 is 1.67 bits per heavy atom. The zero-order chi connectivity index (χ0) is 34.6. The van der Waals surface area contributed by atoms with Gasteiger partial charge in [-0.15, -0.1) is 8.78 Å². The Labute approximate surface area is 271 Å². The summed E-state index contributed by atoms with van der Waals surface area (Å²) >= 11 is 0. The number of alkyl halides is 5. The van der Waals surface area contributed by atoms with E-state index >= 15 is 0 Å². The average Bonchev–Trinajstić information content (AvgIpc) is 3.57. The van der Waals surface area contributed by atoms with Crippen molar-refractivity contribution in [2.45, 2.75) is 64.2 Å². The van der Waals surface area contributed by atoms with Crippen molar-refractivity contribution < 1.29 is 50.5 Å². The number of esters is 1. The number of fused-ring (bicyclic) bond motifs is 2. The van der Waals surface area contributed by atoms with Gasteiger partial charge in [0.25, 0.3) is 5.91 Å². The number of hydrogen-bond donors (Lipinski definition) is 0. The van der Waals surface area contributed by atoms with E-state index < -0.39 is 41.7 Å². The molecule has 252 valence electrons. The van der Waals surface area contributed by atoms with Gasteiger partial charge in [-0.1, -0.05) is 6.07 Å². The summed E-state index contributed by atoms with van der Waals surface area (Å²) < 4.78 is 91.4. The minimum Gasteiger partial charge on any atom is -0.484 e. The third kappa shape index (κ3) is 6.64. The number of halogens is 5. The van der Waals surface area contributed by atoms with Crippen LogP contribution in [0.2, 0.25) is 0 Å². The molecule has 0 spiro atoms. The number of anilines is 1. The lowest BCUT2D eigenvalue weighted by Gasteiger charge is -2.26. The molecule has 9 nitrogen and oxygen atoms in total. The number of benzene rings is 3. The molecule has 3 aromatic carbocycles. The number of carbonyl (C=O) groups is 2. The van der Waals surface area contributed by atoms with Crippen molar-refractivity contribution in [1.82, 2.24) is 9.78 Å². The highest BCUT2D eigenvalue weighted by atomic mass is 19.4. The van der Waals surface area contributed by atoms with Gasteiger partial charge in [0.05, 0.1) is 16.9 Å². The van der Waals surface area contributed by atoms with Crippen molar-refractivity contribution >= 4 is 17.6 Å². The highest BCUT2D eigenvalue weighted by Gasteiger charge is 2.44. The molecule has 0 fully saturated rings. The summed E-state index contributed by atoms with van der Waals surface area (Å²) in [6, 6.07) is 15.9. The van der Waals surface area contributed by atoms with Crippen LogP contribution in [0.4, 0.5) is 27.6 Å². The van der Waals surface area contributed by atoms with E-state index in [0.717, 1.165) is 4.68 Å². The molecule has 0 bridgehead atoms. The van der Waals surface area contributed by atoms with Gasteiger partial charge in [0.2, 0.25) is 0 Å². The lowest BCUT2D eigenvalue weighted by molar-refractivity contribution is -0.286. The van der Waals surface area contributed by atoms with Gasteiger partial charge in [-0.2, -0.15) is 18.3 Å². The normalized spacial score (nSPS) is 16.6. The molecule has 1 amide bonds. The van der Waals surface area contributed by atoms with E-state index in [1.54, 1.807) is 32.9 Å². The predicted octanol–water partition coefficient (Wildman–Crippen LogP) is 7.90. The molecule has 1 atom stereocenters. The van der Waals surface area contributed by atoms with E-state index in [0.29, 0.717) is 18.6 Å². The quantitative estimate of drug-likeness (QED) is 0.152. The van der Waals surface area contributed by atoms with Crippen LogP contribution in [0.25, 0.3) is 5.69 Å². The zero-order valence-electron chi connectivity index (χ0n) is 26.2. The molecular formula is C34H30F5N3O6. The van der Waals surface area contributed by atoms with Crippen LogP contribution in [0.3, 0.4) is 0 Å². The fourth-order valence-electron chi connectivity index (χ4n) is 5.58. The number of ether oxygens (including phenoxy) is 4. The largest absolute Gasteiger partial charge is 0.586 e. The van der Waals surface area contributed by atoms with Crippen LogP contribution in [-0.4, -0.2) is 40.6 Å². The van der Waals surface area contributed by atoms with Crippen molar-refractivity contribution in [3.05, 3.63) is 94.8 Å². The summed E-state index contributed by atoms with van der Waals surface area (Å²) in [5, 5.41) is 3.98. The average molecular weight is 672 g/mol. The van der Waals surface area contributed by atoms with Crippen LogP contribution in [0, 0.1) is 0 Å². The Balaban J connectivity index is 1.31. The molecule has 1 unspecified atom stereocenters. The molecule has 4 aromatic rings. The zero-order valence-corrected chi connectivity index (χ0v) is 26.2. The van der Waals surface area contributed by atoms with Crippen LogP contribution in [0.15, 0.2) is 66.7 Å². The number of hydrogen-bond acceptors (Lipinski definition) is 7. The van der Waals surface area contributed by atoms with E-state index in [4.69, 9.17) is 9.47 Å². The molecule has 0 saturated heterocycles. The predicted molar refractivity (Wildman–Crippen MR) is 162 cm³/mol. The summed E-state index contributed by atoms with van der Waals surface area (Å²) in [6.07, 6.45) is -8.51. The summed E-state index contributed by atoms with van der Waals surface area (Å²) in [5.41, 5.74) is -0.762. The van der Waals surface area contributed by atoms with Crippen LogP contribution in [0.5, 0.6) is 17.2 Å². The standard InChI is InChI=1S/C34H30F5N3O6/c1-32(2,3)48-31(44)19-11-14-23(15-12-19)45-26-10-6-9-24-28(26)42(40-29(24)33(35,36)37)22-8-5-7-20(17-22)30(43)41(4)21-13-16-25-27(18-21)47-34(38,39)46-25/h5,7-8,11-18,26H,6,9-10H2,1-4H3. The van der Waals surface area contributed by atoms with E-state index in [2.05, 4.69) is 14.6 Å². The molecule has 1 aliphatic heterocycles. The molecule has 1 aliphatic carbocycles. The van der Waals surface area contributed by atoms with Gasteiger partial charge in [0, 0.05) is 29.9 Å². The monoisotopic (exact) mass is 671 g/mol. The summed E-state index contributed by atoms with van der Waals surface area (Å²) in [4.78, 5) is 27.1. The third-order valence-corrected chi connectivity index (χ3v) is 7.67. The molecule has 48 heavy (non-hydrogen) atoms. The number of rotatable bonds is 6. The maximum absolute atomic E-state index is 14.3. The molecule has 2 aliphatic rings. The maximum atomic E-state index is 14.3. The van der Waals surface area contributed by atoms with E-state index in [1.165, 1.54) is 66.5 Å². The first-order valence-corrected chi connectivity index (χ1v) is 15.0. The van der Waals surface area contributed by atoms with Crippen molar-refractivity contribution in [1.29, 1.82) is 0 Å². The Bertz CT molecular complexity index is 1880. The minimum atomic E-state index is -4.75. The summed E-state index contributed by atoms with van der Waals surface area (Å²) in [5.74, 6) is -1.21. The Kier molecular flexibility index (Phi) is 8.08. The fourth-order valence-corrected chi connectivity index (χ4v) is 5.58. The van der Waals surface area contributed by atoms with E-state index in [9.17, 15) is 31.5 Å². The molecule has 0 radical (unpaired) electrons. The third-order valence-electron chi connectivity index (χ3n) is 7.67. The van der Waals surface area contributed by atoms with Gasteiger partial charge < -0.3 is 23.8 Å². The summed E-state index contributed by atoms with van der Waals surface area (Å²) in [7, 11) is 1.42. The van der Waals surface area contributed by atoms with Crippen LogP contribution < -0.4 is 19.1 Å². The number of aromatic nitrogens is 2. The second kappa shape index (κ2) is 11.8. The number of carbonyl (C=O) groups excluding carboxylic acids is 2. The first-order chi connectivity index (χ1) is 22.5. The molecule has 2 heterocycles. The van der Waals surface area contributed by atoms with Crippen LogP contribution in [-0.2, 0) is 17.3 Å². The van der Waals surface area contributed by atoms with Gasteiger partial charge in [-0.3, -0.25) is 4.79 Å². The minimum absolute atomic E-state index is 0.00451. The second-order valence-electron chi connectivity index (χ2n) is 12.4. The van der Waals surface area contributed by atoms with Crippen molar-refractivity contribution in [3.8, 4) is 22.9 Å². The van der Waals surface area contributed by atoms with Gasteiger partial charge in [0.15, 0.2) is 17.2 Å². The topological polar surface area (TPSA) is 92.1 Å². The lowest BCUT2D eigenvalue weighted by Crippen LogP contribution is -2.26. The van der Waals surface area contributed by atoms with Crippen molar-refractivity contribution in [3.63, 3.8) is 0 Å². The van der Waals surface area contributed by atoms with E-state index in [1.807, 2.05) is 0 Å². The Morgan fingerprint density at radius 1 is 0.958 bits per heavy atom. The van der Waals surface area contributed by atoms with Gasteiger partial charge in [0.1, 0.15) is 17.5 Å². The van der Waals surface area contributed by atoms with Gasteiger partial charge >= 0.3 is 18.4 Å². The SMILES string of the molecule is CN(C(=O)c1cccc(-n2nc(C(F)(F)F)c3c2C(Oc2ccc(C(=O)OC(C)(C)C)cc2)CCC3)c1)c1ccc2c(c1)OC(F)(F)O2. The molecule has 1 aromatic heterocycles. The first-order valence-electron chi connectivity index (χ1n) is 15.0. The lowest BCUT2D eigenvalue weighted by atomic mass is 9.92. The Hall–Kier alpha value is -5.14. The van der Waals surface area contributed by atoms with Crippen LogP contribution in [0.1, 0.15) is 77.4 Å². The van der Waals surface area contributed by atoms with Gasteiger partial charge in [-0.25, -0.2) is 9.48 Å². The Morgan fingerprint density at radius 3 is 2.35 bits per heavy atom. The second-order valence-corrected chi connectivity index (χ2v) is 12.4. The van der Waals surface area contributed by atoms with Crippen molar-refractivity contribution in [2.75, 3.05) is 11.9 Å². The van der Waals surface area contributed by atoms with E-state index in [-0.39, 0.29) is 51.7 Å². The van der Waals surface area contributed by atoms with Gasteiger partial charge in [-0.05, 0) is 94.6 Å². The molecule has 14 heteroatoms. The fraction of sp³-hybridized carbons (Fsp3) is 0.324. The molecule has 0 N–H and O–H groups in total. The van der Waals surface area contributed by atoms with Crippen LogP contribution >= 0.6 is 0 Å². The van der Waals surface area contributed by atoms with Crippen molar-refractivity contribution in [2.24, 2.45) is 0 Å². The smallest absolute Gasteiger partial charge is 0.484 e. The first kappa shape index (κ1) is 32.8. The molecule has 6 rings (SSSR count). The summed E-state index contributed by atoms with van der Waals surface area (Å²) in [6.45, 7) is 5.24. The molecular weight excluding hydrogens is 641 g/mol. The number of amides is 1. The molecule has 0 saturated carbocycles.